The standard InChI is InChI=1S/C18H19ClN2O3S2/c1-24-14-7-9-17(26(20,22)23)12(10-14)4-2-3-5-18-21-15-8-6-13(19)11-16(15)25-18/h6-11H,2-5H2,1H3,(H2,20,22,23). The molecule has 0 spiro atoms. The lowest BCUT2D eigenvalue weighted by Crippen LogP contribution is -2.14. The number of nitrogens with zero attached hydrogens (tertiary/aromatic N) is 1. The summed E-state index contributed by atoms with van der Waals surface area (Å²) in [5.74, 6) is 0.621. The molecule has 0 saturated heterocycles. The number of nitrogens with two attached hydrogens (primary N) is 1. The molecule has 0 saturated carbocycles. The molecule has 1 aromatic heterocycles. The van der Waals surface area contributed by atoms with Crippen molar-refractivity contribution < 1.29 is 13.2 Å². The highest BCUT2D eigenvalue weighted by Crippen LogP contribution is 2.27. The molecule has 138 valence electrons. The van der Waals surface area contributed by atoms with E-state index in [9.17, 15) is 8.42 Å². The van der Waals surface area contributed by atoms with E-state index in [4.69, 9.17) is 21.5 Å². The van der Waals surface area contributed by atoms with Gasteiger partial charge in [0.25, 0.3) is 0 Å². The predicted octanol–water partition coefficient (Wildman–Crippen LogP) is 4.17. The van der Waals surface area contributed by atoms with Crippen molar-refractivity contribution in [3.05, 3.63) is 52.0 Å². The minimum atomic E-state index is -3.75. The van der Waals surface area contributed by atoms with Gasteiger partial charge < -0.3 is 4.74 Å². The van der Waals surface area contributed by atoms with Crippen molar-refractivity contribution in [3.63, 3.8) is 0 Å². The minimum absolute atomic E-state index is 0.160. The summed E-state index contributed by atoms with van der Waals surface area (Å²) in [7, 11) is -2.20. The number of ether oxygens (including phenoxy) is 1. The van der Waals surface area contributed by atoms with Gasteiger partial charge in [-0.3, -0.25) is 0 Å². The summed E-state index contributed by atoms with van der Waals surface area (Å²) in [6.45, 7) is 0. The molecule has 0 bridgehead atoms. The van der Waals surface area contributed by atoms with Crippen molar-refractivity contribution in [3.8, 4) is 5.75 Å². The van der Waals surface area contributed by atoms with E-state index in [0.717, 1.165) is 34.5 Å². The molecular weight excluding hydrogens is 392 g/mol. The fraction of sp³-hybridized carbons (Fsp3) is 0.278. The van der Waals surface area contributed by atoms with E-state index < -0.39 is 10.0 Å². The summed E-state index contributed by atoms with van der Waals surface area (Å²) in [5, 5.41) is 7.08. The van der Waals surface area contributed by atoms with Crippen molar-refractivity contribution in [2.24, 2.45) is 5.14 Å². The van der Waals surface area contributed by atoms with E-state index in [1.165, 1.54) is 6.07 Å². The third-order valence-electron chi connectivity index (χ3n) is 4.06. The first kappa shape index (κ1) is 19.1. The number of rotatable bonds is 7. The highest BCUT2D eigenvalue weighted by atomic mass is 35.5. The highest BCUT2D eigenvalue weighted by molar-refractivity contribution is 7.89. The third-order valence-corrected chi connectivity index (χ3v) is 6.38. The van der Waals surface area contributed by atoms with Crippen LogP contribution in [0.25, 0.3) is 10.2 Å². The average Bonchev–Trinajstić information content (AvgIpc) is 2.99. The zero-order valence-corrected chi connectivity index (χ0v) is 16.6. The zero-order chi connectivity index (χ0) is 18.7. The predicted molar refractivity (Wildman–Crippen MR) is 106 cm³/mol. The Morgan fingerprint density at radius 3 is 2.65 bits per heavy atom. The SMILES string of the molecule is COc1ccc(S(N)(=O)=O)c(CCCCc2nc3ccc(Cl)cc3s2)c1. The van der Waals surface area contributed by atoms with Crippen molar-refractivity contribution in [2.45, 2.75) is 30.6 Å². The summed E-state index contributed by atoms with van der Waals surface area (Å²) >= 11 is 7.65. The topological polar surface area (TPSA) is 82.3 Å². The lowest BCUT2D eigenvalue weighted by Gasteiger charge is -2.09. The highest BCUT2D eigenvalue weighted by Gasteiger charge is 2.14. The Kier molecular flexibility index (Phi) is 5.82. The molecule has 0 unspecified atom stereocenters. The van der Waals surface area contributed by atoms with Gasteiger partial charge in [0.2, 0.25) is 10.0 Å². The Labute approximate surface area is 161 Å². The first-order valence-corrected chi connectivity index (χ1v) is 10.9. The van der Waals surface area contributed by atoms with Crippen LogP contribution in [0.1, 0.15) is 23.4 Å². The quantitative estimate of drug-likeness (QED) is 0.592. The molecule has 3 aromatic rings. The monoisotopic (exact) mass is 410 g/mol. The molecule has 0 amide bonds. The van der Waals surface area contributed by atoms with E-state index in [2.05, 4.69) is 4.98 Å². The molecule has 0 radical (unpaired) electrons. The number of hydrogen-bond acceptors (Lipinski definition) is 5. The van der Waals surface area contributed by atoms with Gasteiger partial charge in [-0.05, 0) is 67.6 Å². The lowest BCUT2D eigenvalue weighted by atomic mass is 10.1. The second-order valence-corrected chi connectivity index (χ2v) is 9.03. The van der Waals surface area contributed by atoms with Crippen LogP contribution in [0.3, 0.4) is 0 Å². The average molecular weight is 411 g/mol. The molecule has 0 aliphatic heterocycles. The number of hydrogen-bond donors (Lipinski definition) is 1. The van der Waals surface area contributed by atoms with Crippen LogP contribution in [0.4, 0.5) is 0 Å². The molecule has 3 rings (SSSR count). The summed E-state index contributed by atoms with van der Waals surface area (Å²) in [6, 6.07) is 10.5. The van der Waals surface area contributed by atoms with Gasteiger partial charge >= 0.3 is 0 Å². The first-order valence-electron chi connectivity index (χ1n) is 8.11. The Bertz CT molecular complexity index is 1030. The molecule has 26 heavy (non-hydrogen) atoms. The van der Waals surface area contributed by atoms with Crippen LogP contribution in [-0.2, 0) is 22.9 Å². The third kappa shape index (κ3) is 4.54. The van der Waals surface area contributed by atoms with Crippen molar-refractivity contribution in [1.82, 2.24) is 4.98 Å². The number of fused-ring (bicyclic) bond motifs is 1. The number of thiazole rings is 1. The lowest BCUT2D eigenvalue weighted by molar-refractivity contribution is 0.413. The van der Waals surface area contributed by atoms with E-state index in [-0.39, 0.29) is 4.90 Å². The Balaban J connectivity index is 1.65. The van der Waals surface area contributed by atoms with Crippen molar-refractivity contribution in [1.29, 1.82) is 0 Å². The number of aryl methyl sites for hydroxylation is 2. The number of primary sulfonamides is 1. The van der Waals surface area contributed by atoms with Gasteiger partial charge in [0.15, 0.2) is 0 Å². The molecule has 0 atom stereocenters. The largest absolute Gasteiger partial charge is 0.497 e. The maximum absolute atomic E-state index is 11.8. The maximum atomic E-state index is 11.8. The normalized spacial score (nSPS) is 11.8. The number of benzene rings is 2. The molecule has 8 heteroatoms. The Hall–Kier alpha value is -1.67. The molecule has 1 heterocycles. The van der Waals surface area contributed by atoms with Gasteiger partial charge in [0.1, 0.15) is 5.75 Å². The van der Waals surface area contributed by atoms with Crippen LogP contribution in [0.5, 0.6) is 5.75 Å². The number of halogens is 1. The van der Waals surface area contributed by atoms with Gasteiger partial charge in [-0.15, -0.1) is 11.3 Å². The Morgan fingerprint density at radius 2 is 1.92 bits per heavy atom. The van der Waals surface area contributed by atoms with Crippen LogP contribution in [0.2, 0.25) is 5.02 Å². The number of sulfonamides is 1. The maximum Gasteiger partial charge on any atom is 0.238 e. The molecule has 0 aliphatic carbocycles. The van der Waals surface area contributed by atoms with E-state index in [1.54, 1.807) is 30.6 Å². The van der Waals surface area contributed by atoms with Gasteiger partial charge in [-0.25, -0.2) is 18.5 Å². The summed E-state index contributed by atoms with van der Waals surface area (Å²) in [5.41, 5.74) is 1.64. The Morgan fingerprint density at radius 1 is 1.15 bits per heavy atom. The zero-order valence-electron chi connectivity index (χ0n) is 14.2. The summed E-state index contributed by atoms with van der Waals surface area (Å²) < 4.78 is 29.8. The summed E-state index contributed by atoms with van der Waals surface area (Å²) in [6.07, 6.45) is 3.17. The van der Waals surface area contributed by atoms with Crippen LogP contribution >= 0.6 is 22.9 Å². The van der Waals surface area contributed by atoms with Crippen LogP contribution in [-0.4, -0.2) is 20.5 Å². The first-order chi connectivity index (χ1) is 12.4. The molecular formula is C18H19ClN2O3S2. The molecule has 2 N–H and O–H groups in total. The van der Waals surface area contributed by atoms with Crippen LogP contribution in [0.15, 0.2) is 41.3 Å². The molecule has 2 aromatic carbocycles. The second-order valence-electron chi connectivity index (χ2n) is 5.95. The van der Waals surface area contributed by atoms with Crippen LogP contribution < -0.4 is 9.88 Å². The number of methoxy groups -OCH3 is 1. The minimum Gasteiger partial charge on any atom is -0.497 e. The fourth-order valence-corrected chi connectivity index (χ4v) is 4.87. The van der Waals surface area contributed by atoms with Gasteiger partial charge in [0, 0.05) is 5.02 Å². The summed E-state index contributed by atoms with van der Waals surface area (Å²) in [4.78, 5) is 4.77. The van der Waals surface area contributed by atoms with E-state index >= 15 is 0 Å². The molecule has 0 aliphatic rings. The van der Waals surface area contributed by atoms with Crippen LogP contribution in [0, 0.1) is 0 Å². The van der Waals surface area contributed by atoms with E-state index in [0.29, 0.717) is 22.8 Å². The second kappa shape index (κ2) is 7.92. The number of unbranched alkanes of at least 4 members (excludes halogenated alkanes) is 1. The van der Waals surface area contributed by atoms with Gasteiger partial charge in [0.05, 0.1) is 27.2 Å². The van der Waals surface area contributed by atoms with E-state index in [1.807, 2.05) is 18.2 Å². The smallest absolute Gasteiger partial charge is 0.238 e. The van der Waals surface area contributed by atoms with Gasteiger partial charge in [-0.2, -0.15) is 0 Å². The van der Waals surface area contributed by atoms with Gasteiger partial charge in [-0.1, -0.05) is 11.6 Å². The molecule has 0 fully saturated rings. The van der Waals surface area contributed by atoms with Crippen molar-refractivity contribution >= 4 is 43.2 Å². The number of aromatic nitrogens is 1. The fourth-order valence-electron chi connectivity index (χ4n) is 2.80. The molecule has 5 nitrogen and oxygen atoms in total. The van der Waals surface area contributed by atoms with Crippen molar-refractivity contribution in [2.75, 3.05) is 7.11 Å².